The highest BCUT2D eigenvalue weighted by molar-refractivity contribution is 6.30. The van der Waals surface area contributed by atoms with Crippen LogP contribution in [0.15, 0.2) is 41.3 Å². The molecule has 0 aliphatic carbocycles. The number of aliphatic hydroxyl groups excluding tert-OH is 1. The van der Waals surface area contributed by atoms with Crippen LogP contribution in [0.5, 0.6) is 5.75 Å². The summed E-state index contributed by atoms with van der Waals surface area (Å²) in [5, 5.41) is 12.5. The summed E-state index contributed by atoms with van der Waals surface area (Å²) in [6.07, 6.45) is 1.44. The van der Waals surface area contributed by atoms with E-state index in [-0.39, 0.29) is 43.2 Å². The number of hydrogen-bond donors (Lipinski definition) is 2. The number of nitrogens with one attached hydrogen (secondary N) is 1. The summed E-state index contributed by atoms with van der Waals surface area (Å²) in [6, 6.07) is 8.29. The van der Waals surface area contributed by atoms with Crippen LogP contribution in [0.3, 0.4) is 0 Å². The Morgan fingerprint density at radius 1 is 1.36 bits per heavy atom. The molecule has 2 N–H and O–H groups in total. The number of pyridine rings is 1. The van der Waals surface area contributed by atoms with Crippen molar-refractivity contribution in [2.75, 3.05) is 6.61 Å². The number of benzene rings is 1. The largest absolute Gasteiger partial charge is 0.483 e. The number of ether oxygens (including phenoxy) is 1. The number of aromatic nitrogens is 1. The summed E-state index contributed by atoms with van der Waals surface area (Å²) in [6.45, 7) is 3.84. The molecule has 0 bridgehead atoms. The minimum absolute atomic E-state index is 0.0658. The first kappa shape index (κ1) is 19.0. The van der Waals surface area contributed by atoms with Crippen molar-refractivity contribution < 1.29 is 14.6 Å². The van der Waals surface area contributed by atoms with E-state index in [2.05, 4.69) is 5.32 Å². The van der Waals surface area contributed by atoms with E-state index in [0.29, 0.717) is 5.02 Å². The molecular weight excluding hydrogens is 344 g/mol. The molecule has 0 unspecified atom stereocenters. The van der Waals surface area contributed by atoms with E-state index in [1.54, 1.807) is 18.2 Å². The topological polar surface area (TPSA) is 80.6 Å². The maximum Gasteiger partial charge on any atom is 0.268 e. The molecule has 134 valence electrons. The van der Waals surface area contributed by atoms with E-state index in [0.717, 1.165) is 5.56 Å². The van der Waals surface area contributed by atoms with E-state index in [1.807, 2.05) is 19.9 Å². The van der Waals surface area contributed by atoms with Gasteiger partial charge in [-0.1, -0.05) is 23.7 Å². The van der Waals surface area contributed by atoms with Crippen LogP contribution >= 0.6 is 11.6 Å². The Hall–Kier alpha value is -2.31. The highest BCUT2D eigenvalue weighted by Gasteiger charge is 2.15. The Morgan fingerprint density at radius 2 is 2.12 bits per heavy atom. The van der Waals surface area contributed by atoms with Gasteiger partial charge in [0, 0.05) is 23.7 Å². The van der Waals surface area contributed by atoms with Crippen LogP contribution in [0.2, 0.25) is 5.02 Å². The van der Waals surface area contributed by atoms with Gasteiger partial charge in [-0.15, -0.1) is 0 Å². The first-order valence-corrected chi connectivity index (χ1v) is 8.32. The van der Waals surface area contributed by atoms with Gasteiger partial charge in [0.15, 0.2) is 5.75 Å². The van der Waals surface area contributed by atoms with Gasteiger partial charge in [0.05, 0.1) is 12.8 Å². The van der Waals surface area contributed by atoms with Crippen molar-refractivity contribution in [3.63, 3.8) is 0 Å². The highest BCUT2D eigenvalue weighted by Crippen LogP contribution is 2.14. The average molecular weight is 365 g/mol. The first-order valence-electron chi connectivity index (χ1n) is 7.94. The number of halogens is 1. The number of hydrogen-bond acceptors (Lipinski definition) is 4. The number of amides is 1. The summed E-state index contributed by atoms with van der Waals surface area (Å²) >= 11 is 5.93. The summed E-state index contributed by atoms with van der Waals surface area (Å²) < 4.78 is 7.08. The molecule has 2 rings (SSSR count). The number of carbonyl (C=O) groups is 1. The highest BCUT2D eigenvalue weighted by atomic mass is 35.5. The third-order valence-corrected chi connectivity index (χ3v) is 3.60. The van der Waals surface area contributed by atoms with Crippen LogP contribution in [-0.2, 0) is 13.2 Å². The van der Waals surface area contributed by atoms with Crippen molar-refractivity contribution >= 4 is 17.5 Å². The molecule has 1 amide bonds. The predicted octanol–water partition coefficient (Wildman–Crippen LogP) is 2.21. The molecule has 0 aliphatic rings. The lowest BCUT2D eigenvalue weighted by Crippen LogP contribution is -2.33. The van der Waals surface area contributed by atoms with Crippen molar-refractivity contribution in [1.29, 1.82) is 0 Å². The third kappa shape index (κ3) is 5.34. The first-order chi connectivity index (χ1) is 11.9. The summed E-state index contributed by atoms with van der Waals surface area (Å²) in [7, 11) is 0. The zero-order valence-electron chi connectivity index (χ0n) is 14.2. The summed E-state index contributed by atoms with van der Waals surface area (Å²) in [5.74, 6) is -0.267. The number of rotatable bonds is 7. The second-order valence-electron chi connectivity index (χ2n) is 5.85. The molecule has 0 atom stereocenters. The maximum atomic E-state index is 12.3. The number of carbonyl (C=O) groups excluding carboxylic acids is 1. The monoisotopic (exact) mass is 364 g/mol. The van der Waals surface area contributed by atoms with Gasteiger partial charge in [-0.05, 0) is 31.5 Å². The molecule has 0 aliphatic heterocycles. The number of aliphatic hydroxyl groups is 1. The second-order valence-corrected chi connectivity index (χ2v) is 6.29. The minimum Gasteiger partial charge on any atom is -0.483 e. The van der Waals surface area contributed by atoms with Crippen LogP contribution < -0.4 is 15.5 Å². The average Bonchev–Trinajstić information content (AvgIpc) is 2.54. The van der Waals surface area contributed by atoms with Gasteiger partial charge < -0.3 is 19.7 Å². The second kappa shape index (κ2) is 8.69. The minimum atomic E-state index is -0.398. The normalized spacial score (nSPS) is 10.8. The zero-order valence-corrected chi connectivity index (χ0v) is 14.9. The predicted molar refractivity (Wildman–Crippen MR) is 96.2 cm³/mol. The van der Waals surface area contributed by atoms with Crippen molar-refractivity contribution in [3.8, 4) is 5.75 Å². The quantitative estimate of drug-likeness (QED) is 0.789. The van der Waals surface area contributed by atoms with Gasteiger partial charge in [0.25, 0.3) is 5.91 Å². The molecule has 6 nitrogen and oxygen atoms in total. The Labute approximate surface area is 151 Å². The van der Waals surface area contributed by atoms with Gasteiger partial charge in [-0.3, -0.25) is 9.59 Å². The Kier molecular flexibility index (Phi) is 6.61. The zero-order chi connectivity index (χ0) is 18.4. The molecule has 7 heteroatoms. The van der Waals surface area contributed by atoms with Gasteiger partial charge in [-0.25, -0.2) is 0 Å². The van der Waals surface area contributed by atoms with Crippen LogP contribution in [-0.4, -0.2) is 28.2 Å². The standard InChI is InChI=1S/C18H21ClN2O4/c1-12(2)20-18(24)15-9-16(23)17(10-21(15)6-7-22)25-11-13-4-3-5-14(19)8-13/h3-5,8-10,12,22H,6-7,11H2,1-2H3,(H,20,24). The van der Waals surface area contributed by atoms with Gasteiger partial charge in [-0.2, -0.15) is 0 Å². The van der Waals surface area contributed by atoms with E-state index in [1.165, 1.54) is 16.8 Å². The molecule has 0 radical (unpaired) electrons. The molecule has 0 saturated carbocycles. The SMILES string of the molecule is CC(C)NC(=O)c1cc(=O)c(OCc2cccc(Cl)c2)cn1CCO. The third-order valence-electron chi connectivity index (χ3n) is 3.37. The van der Waals surface area contributed by atoms with E-state index < -0.39 is 5.43 Å². The molecule has 0 fully saturated rings. The van der Waals surface area contributed by atoms with Crippen LogP contribution in [0.1, 0.15) is 29.9 Å². The van der Waals surface area contributed by atoms with Crippen molar-refractivity contribution in [2.24, 2.45) is 0 Å². The molecule has 0 saturated heterocycles. The Bertz CT molecular complexity index is 802. The van der Waals surface area contributed by atoms with E-state index >= 15 is 0 Å². The van der Waals surface area contributed by atoms with Crippen LogP contribution in [0, 0.1) is 0 Å². The van der Waals surface area contributed by atoms with Crippen LogP contribution in [0.4, 0.5) is 0 Å². The molecular formula is C18H21ClN2O4. The van der Waals surface area contributed by atoms with Gasteiger partial charge in [0.1, 0.15) is 12.3 Å². The van der Waals surface area contributed by atoms with Crippen LogP contribution in [0.25, 0.3) is 0 Å². The van der Waals surface area contributed by atoms with Gasteiger partial charge in [0.2, 0.25) is 5.43 Å². The fraction of sp³-hybridized carbons (Fsp3) is 0.333. The lowest BCUT2D eigenvalue weighted by molar-refractivity contribution is 0.0931. The van der Waals surface area contributed by atoms with Gasteiger partial charge >= 0.3 is 0 Å². The molecule has 1 aromatic carbocycles. The maximum absolute atomic E-state index is 12.3. The van der Waals surface area contributed by atoms with E-state index in [9.17, 15) is 14.7 Å². The van der Waals surface area contributed by atoms with Crippen molar-refractivity contribution in [1.82, 2.24) is 9.88 Å². The Balaban J connectivity index is 2.25. The Morgan fingerprint density at radius 3 is 2.76 bits per heavy atom. The summed E-state index contributed by atoms with van der Waals surface area (Å²) in [4.78, 5) is 24.5. The number of nitrogens with zero attached hydrogens (tertiary/aromatic N) is 1. The van der Waals surface area contributed by atoms with Crippen molar-refractivity contribution in [3.05, 3.63) is 63.0 Å². The molecule has 1 aromatic heterocycles. The smallest absolute Gasteiger partial charge is 0.268 e. The fourth-order valence-corrected chi connectivity index (χ4v) is 2.49. The lowest BCUT2D eigenvalue weighted by atomic mass is 10.2. The van der Waals surface area contributed by atoms with E-state index in [4.69, 9.17) is 16.3 Å². The fourth-order valence-electron chi connectivity index (χ4n) is 2.27. The summed E-state index contributed by atoms with van der Waals surface area (Å²) in [5.41, 5.74) is 0.607. The van der Waals surface area contributed by atoms with Crippen molar-refractivity contribution in [2.45, 2.75) is 33.0 Å². The lowest BCUT2D eigenvalue weighted by Gasteiger charge is -2.16. The molecule has 2 aromatic rings. The molecule has 0 spiro atoms. The molecule has 25 heavy (non-hydrogen) atoms. The molecule has 1 heterocycles.